The molecule has 0 heterocycles. The fraction of sp³-hybridized carbons (Fsp3) is 0.429. The normalized spacial score (nSPS) is 11.8. The van der Waals surface area contributed by atoms with Crippen LogP contribution in [0.25, 0.3) is 0 Å². The van der Waals surface area contributed by atoms with E-state index in [4.69, 9.17) is 5.11 Å². The largest absolute Gasteiger partial charge is 0.481 e. The van der Waals surface area contributed by atoms with Crippen molar-refractivity contribution >= 4 is 5.97 Å². The van der Waals surface area contributed by atoms with Gasteiger partial charge in [-0.25, -0.2) is 0 Å². The average molecular weight is 126 g/mol. The lowest BCUT2D eigenvalue weighted by Gasteiger charge is -2.01. The summed E-state index contributed by atoms with van der Waals surface area (Å²) in [4.78, 5) is 10.2. The predicted molar refractivity (Wildman–Crippen MR) is 35.1 cm³/mol. The van der Waals surface area contributed by atoms with Gasteiger partial charge in [0.05, 0.1) is 5.92 Å². The molecule has 9 heavy (non-hydrogen) atoms. The molecule has 0 amide bonds. The number of hydrogen-bond donors (Lipinski definition) is 1. The molecule has 0 spiro atoms. The first-order chi connectivity index (χ1) is 4.09. The number of carboxylic acid groups (broad SMARTS) is 1. The summed E-state index contributed by atoms with van der Waals surface area (Å²) < 4.78 is 0. The van der Waals surface area contributed by atoms with Gasteiger partial charge in [-0.3, -0.25) is 4.79 Å². The van der Waals surface area contributed by atoms with E-state index < -0.39 is 11.9 Å². The maximum Gasteiger partial charge on any atom is 0.310 e. The second-order valence-electron chi connectivity index (χ2n) is 1.92. The quantitative estimate of drug-likeness (QED) is 0.568. The van der Waals surface area contributed by atoms with Crippen LogP contribution in [0.5, 0.6) is 0 Å². The summed E-state index contributed by atoms with van der Waals surface area (Å²) in [5.41, 5.74) is 3.20. The van der Waals surface area contributed by atoms with Crippen molar-refractivity contribution in [3.05, 3.63) is 17.9 Å². The molecule has 2 heteroatoms. The maximum absolute atomic E-state index is 10.2. The lowest BCUT2D eigenvalue weighted by molar-refractivity contribution is -0.139. The van der Waals surface area contributed by atoms with Gasteiger partial charge in [-0.05, 0) is 19.4 Å². The molecule has 0 saturated carbocycles. The van der Waals surface area contributed by atoms with Gasteiger partial charge in [0, 0.05) is 0 Å². The number of carbonyl (C=O) groups is 1. The molecule has 0 rings (SSSR count). The van der Waals surface area contributed by atoms with Gasteiger partial charge in [0.1, 0.15) is 0 Å². The monoisotopic (exact) mass is 126 g/mol. The van der Waals surface area contributed by atoms with Crippen molar-refractivity contribution in [2.24, 2.45) is 5.92 Å². The summed E-state index contributed by atoms with van der Waals surface area (Å²) in [6.07, 6.45) is 0. The van der Waals surface area contributed by atoms with Crippen molar-refractivity contribution in [2.45, 2.75) is 13.8 Å². The van der Waals surface area contributed by atoms with Crippen molar-refractivity contribution in [1.29, 1.82) is 0 Å². The van der Waals surface area contributed by atoms with Gasteiger partial charge in [-0.2, -0.15) is 0 Å². The molecule has 0 aliphatic rings. The second-order valence-corrected chi connectivity index (χ2v) is 1.92. The number of hydrogen-bond acceptors (Lipinski definition) is 1. The average Bonchev–Trinajstić information content (AvgIpc) is 1.84. The van der Waals surface area contributed by atoms with Crippen molar-refractivity contribution in [3.63, 3.8) is 0 Å². The van der Waals surface area contributed by atoms with E-state index in [0.717, 1.165) is 0 Å². The summed E-state index contributed by atoms with van der Waals surface area (Å²) in [7, 11) is 0. The molecule has 0 aromatic rings. The van der Waals surface area contributed by atoms with Gasteiger partial charge < -0.3 is 5.11 Å². The van der Waals surface area contributed by atoms with Crippen LogP contribution < -0.4 is 0 Å². The van der Waals surface area contributed by atoms with Gasteiger partial charge in [0.2, 0.25) is 0 Å². The molecule has 0 aliphatic heterocycles. The Morgan fingerprint density at radius 3 is 2.33 bits per heavy atom. The summed E-state index contributed by atoms with van der Waals surface area (Å²) in [6, 6.07) is 0. The van der Waals surface area contributed by atoms with Crippen LogP contribution in [0, 0.1) is 5.92 Å². The van der Waals surface area contributed by atoms with Crippen molar-refractivity contribution in [2.75, 3.05) is 0 Å². The minimum absolute atomic E-state index is 0.456. The zero-order valence-corrected chi connectivity index (χ0v) is 5.64. The third-order valence-electron chi connectivity index (χ3n) is 1.30. The van der Waals surface area contributed by atoms with Gasteiger partial charge in [-0.1, -0.05) is 6.58 Å². The van der Waals surface area contributed by atoms with E-state index >= 15 is 0 Å². The Bertz CT molecular complexity index is 164. The van der Waals surface area contributed by atoms with E-state index in [9.17, 15) is 4.79 Å². The molecule has 0 aromatic heterocycles. The summed E-state index contributed by atoms with van der Waals surface area (Å²) >= 11 is 0. The molecule has 0 bridgehead atoms. The van der Waals surface area contributed by atoms with Gasteiger partial charge in [0.25, 0.3) is 0 Å². The predicted octanol–water partition coefficient (Wildman–Crippen LogP) is 1.44. The second kappa shape index (κ2) is 3.10. The van der Waals surface area contributed by atoms with E-state index in [-0.39, 0.29) is 0 Å². The Hall–Kier alpha value is -1.01. The van der Waals surface area contributed by atoms with E-state index in [2.05, 4.69) is 12.3 Å². The topological polar surface area (TPSA) is 37.3 Å². The zero-order valence-electron chi connectivity index (χ0n) is 5.64. The lowest BCUT2D eigenvalue weighted by Crippen LogP contribution is -2.09. The molecule has 50 valence electrons. The minimum Gasteiger partial charge on any atom is -0.481 e. The van der Waals surface area contributed by atoms with Crippen molar-refractivity contribution in [3.8, 4) is 0 Å². The minimum atomic E-state index is -0.830. The zero-order chi connectivity index (χ0) is 7.44. The molecular weight excluding hydrogens is 116 g/mol. The van der Waals surface area contributed by atoms with Crippen molar-refractivity contribution < 1.29 is 9.90 Å². The molecular formula is C7H10O2. The highest BCUT2D eigenvalue weighted by atomic mass is 16.4. The van der Waals surface area contributed by atoms with Gasteiger partial charge >= 0.3 is 5.97 Å². The van der Waals surface area contributed by atoms with Crippen molar-refractivity contribution in [1.82, 2.24) is 0 Å². The lowest BCUT2D eigenvalue weighted by atomic mass is 10.1. The Balaban J connectivity index is 4.21. The summed E-state index contributed by atoms with van der Waals surface area (Å²) in [6.45, 7) is 6.65. The highest BCUT2D eigenvalue weighted by Gasteiger charge is 2.10. The molecule has 1 unspecified atom stereocenters. The first-order valence-electron chi connectivity index (χ1n) is 2.69. The van der Waals surface area contributed by atoms with Crippen LogP contribution in [0.1, 0.15) is 13.8 Å². The Morgan fingerprint density at radius 1 is 1.78 bits per heavy atom. The molecule has 0 fully saturated rings. The van der Waals surface area contributed by atoms with E-state index in [1.807, 2.05) is 0 Å². The molecule has 0 aliphatic carbocycles. The third-order valence-corrected chi connectivity index (χ3v) is 1.30. The van der Waals surface area contributed by atoms with Crippen LogP contribution in [-0.4, -0.2) is 11.1 Å². The van der Waals surface area contributed by atoms with Crippen LogP contribution in [-0.2, 0) is 4.79 Å². The van der Waals surface area contributed by atoms with Crippen LogP contribution in [0.15, 0.2) is 17.9 Å². The Labute approximate surface area is 54.5 Å². The highest BCUT2D eigenvalue weighted by molar-refractivity contribution is 5.72. The van der Waals surface area contributed by atoms with Crippen LogP contribution in [0.3, 0.4) is 0 Å². The standard InChI is InChI=1S/C7H10O2/c1-4-5(2)6(3)7(8)9/h6H,1H2,2-3H3,(H,8,9). The van der Waals surface area contributed by atoms with Gasteiger partial charge in [0.15, 0.2) is 0 Å². The number of aliphatic carboxylic acids is 1. The SMILES string of the molecule is C=C=C(C)C(C)C(=O)O. The molecule has 2 nitrogen and oxygen atoms in total. The highest BCUT2D eigenvalue weighted by Crippen LogP contribution is 2.06. The van der Waals surface area contributed by atoms with Crippen LogP contribution in [0.2, 0.25) is 0 Å². The van der Waals surface area contributed by atoms with E-state index in [0.29, 0.717) is 5.57 Å². The fourth-order valence-electron chi connectivity index (χ4n) is 0.338. The van der Waals surface area contributed by atoms with E-state index in [1.54, 1.807) is 13.8 Å². The summed E-state index contributed by atoms with van der Waals surface area (Å²) in [5, 5.41) is 8.39. The number of carboxylic acids is 1. The smallest absolute Gasteiger partial charge is 0.310 e. The third kappa shape index (κ3) is 2.15. The molecule has 0 aromatic carbocycles. The number of rotatable bonds is 2. The van der Waals surface area contributed by atoms with Gasteiger partial charge in [-0.15, -0.1) is 5.73 Å². The van der Waals surface area contributed by atoms with E-state index in [1.165, 1.54) is 0 Å². The molecule has 0 radical (unpaired) electrons. The first kappa shape index (κ1) is 7.99. The molecule has 0 saturated heterocycles. The molecule has 1 N–H and O–H groups in total. The maximum atomic E-state index is 10.2. The Morgan fingerprint density at radius 2 is 2.22 bits per heavy atom. The van der Waals surface area contributed by atoms with Crippen LogP contribution >= 0.6 is 0 Å². The molecule has 1 atom stereocenters. The first-order valence-corrected chi connectivity index (χ1v) is 2.69. The van der Waals surface area contributed by atoms with Crippen LogP contribution in [0.4, 0.5) is 0 Å². The summed E-state index contributed by atoms with van der Waals surface area (Å²) in [5.74, 6) is -1.29. The Kier molecular flexibility index (Phi) is 2.75. The fourth-order valence-corrected chi connectivity index (χ4v) is 0.338.